The zero-order chi connectivity index (χ0) is 11.5. The minimum absolute atomic E-state index is 0.0565. The number of hydrogen-bond acceptors (Lipinski definition) is 3. The van der Waals surface area contributed by atoms with Crippen molar-refractivity contribution < 1.29 is 9.47 Å². The normalized spacial score (nSPS) is 26.2. The van der Waals surface area contributed by atoms with Gasteiger partial charge in [0, 0.05) is 6.42 Å². The maximum atomic E-state index is 5.74. The predicted molar refractivity (Wildman–Crippen MR) is 64.0 cm³/mol. The molecule has 1 aliphatic carbocycles. The largest absolute Gasteiger partial charge is 0.462 e. The third-order valence-electron chi connectivity index (χ3n) is 3.68. The van der Waals surface area contributed by atoms with Gasteiger partial charge in [0.05, 0.1) is 25.0 Å². The number of rotatable bonds is 3. The van der Waals surface area contributed by atoms with Crippen LogP contribution in [0.25, 0.3) is 0 Å². The predicted octanol–water partition coefficient (Wildman–Crippen LogP) is 2.90. The SMILES string of the molecule is c1nn(C2CCCCC2)cc1OC1CCCO1. The van der Waals surface area contributed by atoms with Gasteiger partial charge in [0.1, 0.15) is 0 Å². The van der Waals surface area contributed by atoms with E-state index >= 15 is 0 Å². The Balaban J connectivity index is 1.60. The zero-order valence-electron chi connectivity index (χ0n) is 10.2. The van der Waals surface area contributed by atoms with Crippen molar-refractivity contribution in [2.75, 3.05) is 6.61 Å². The molecular weight excluding hydrogens is 216 g/mol. The Morgan fingerprint density at radius 3 is 2.82 bits per heavy atom. The Kier molecular flexibility index (Phi) is 3.31. The van der Waals surface area contributed by atoms with Gasteiger partial charge in [-0.25, -0.2) is 0 Å². The van der Waals surface area contributed by atoms with Crippen molar-refractivity contribution in [3.05, 3.63) is 12.4 Å². The van der Waals surface area contributed by atoms with E-state index < -0.39 is 0 Å². The van der Waals surface area contributed by atoms with Crippen LogP contribution in [0.2, 0.25) is 0 Å². The molecule has 2 aliphatic rings. The fourth-order valence-electron chi connectivity index (χ4n) is 2.72. The van der Waals surface area contributed by atoms with Crippen molar-refractivity contribution in [2.24, 2.45) is 0 Å². The molecular formula is C13H20N2O2. The fourth-order valence-corrected chi connectivity index (χ4v) is 2.72. The first-order chi connectivity index (χ1) is 8.42. The van der Waals surface area contributed by atoms with Gasteiger partial charge in [0.2, 0.25) is 0 Å². The molecule has 1 saturated heterocycles. The van der Waals surface area contributed by atoms with Crippen molar-refractivity contribution in [1.82, 2.24) is 9.78 Å². The Morgan fingerprint density at radius 1 is 1.18 bits per heavy atom. The van der Waals surface area contributed by atoms with Gasteiger partial charge in [-0.3, -0.25) is 4.68 Å². The summed E-state index contributed by atoms with van der Waals surface area (Å²) in [7, 11) is 0. The standard InChI is InChI=1S/C13H20N2O2/c1-2-5-11(6-3-1)15-10-12(9-14-15)17-13-7-4-8-16-13/h9-11,13H,1-8H2. The quantitative estimate of drug-likeness (QED) is 0.809. The third-order valence-corrected chi connectivity index (χ3v) is 3.68. The van der Waals surface area contributed by atoms with Crippen molar-refractivity contribution >= 4 is 0 Å². The molecule has 2 heterocycles. The maximum absolute atomic E-state index is 5.74. The molecule has 0 N–H and O–H groups in total. The smallest absolute Gasteiger partial charge is 0.200 e. The van der Waals surface area contributed by atoms with E-state index in [1.807, 2.05) is 12.4 Å². The highest BCUT2D eigenvalue weighted by Crippen LogP contribution is 2.29. The van der Waals surface area contributed by atoms with Gasteiger partial charge >= 0.3 is 0 Å². The summed E-state index contributed by atoms with van der Waals surface area (Å²) < 4.78 is 13.3. The second kappa shape index (κ2) is 5.08. The number of aromatic nitrogens is 2. The summed E-state index contributed by atoms with van der Waals surface area (Å²) in [6, 6.07) is 0.575. The molecule has 0 bridgehead atoms. The van der Waals surface area contributed by atoms with E-state index in [0.717, 1.165) is 25.2 Å². The first-order valence-corrected chi connectivity index (χ1v) is 6.74. The Labute approximate surface area is 102 Å². The molecule has 1 unspecified atom stereocenters. The third kappa shape index (κ3) is 2.63. The average molecular weight is 236 g/mol. The van der Waals surface area contributed by atoms with E-state index in [1.165, 1.54) is 32.1 Å². The Bertz CT molecular complexity index is 352. The number of nitrogens with zero attached hydrogens (tertiary/aromatic N) is 2. The molecule has 2 fully saturated rings. The molecule has 0 radical (unpaired) electrons. The molecule has 0 aromatic carbocycles. The molecule has 4 nitrogen and oxygen atoms in total. The molecule has 1 atom stereocenters. The molecule has 3 rings (SSSR count). The van der Waals surface area contributed by atoms with Crippen LogP contribution in [0.15, 0.2) is 12.4 Å². The van der Waals surface area contributed by atoms with Crippen LogP contribution in [0.3, 0.4) is 0 Å². The molecule has 1 aromatic rings. The summed E-state index contributed by atoms with van der Waals surface area (Å²) in [5.41, 5.74) is 0. The lowest BCUT2D eigenvalue weighted by Gasteiger charge is -2.21. The van der Waals surface area contributed by atoms with E-state index in [1.54, 1.807) is 0 Å². The lowest BCUT2D eigenvalue weighted by atomic mass is 9.96. The zero-order valence-corrected chi connectivity index (χ0v) is 10.2. The Morgan fingerprint density at radius 2 is 2.06 bits per heavy atom. The maximum Gasteiger partial charge on any atom is 0.200 e. The van der Waals surface area contributed by atoms with Gasteiger partial charge in [0.15, 0.2) is 12.0 Å². The second-order valence-electron chi connectivity index (χ2n) is 5.01. The van der Waals surface area contributed by atoms with E-state index in [9.17, 15) is 0 Å². The number of hydrogen-bond donors (Lipinski definition) is 0. The van der Waals surface area contributed by atoms with Crippen LogP contribution in [0.5, 0.6) is 5.75 Å². The Hall–Kier alpha value is -1.03. The number of ether oxygens (including phenoxy) is 2. The van der Waals surface area contributed by atoms with Gasteiger partial charge in [-0.1, -0.05) is 19.3 Å². The van der Waals surface area contributed by atoms with Crippen LogP contribution in [-0.4, -0.2) is 22.7 Å². The summed E-state index contributed by atoms with van der Waals surface area (Å²) in [6.45, 7) is 0.821. The summed E-state index contributed by atoms with van der Waals surface area (Å²) in [5.74, 6) is 0.850. The lowest BCUT2D eigenvalue weighted by Crippen LogP contribution is -2.14. The van der Waals surface area contributed by atoms with Crippen molar-refractivity contribution in [1.29, 1.82) is 0 Å². The van der Waals surface area contributed by atoms with Gasteiger partial charge in [-0.05, 0) is 19.3 Å². The van der Waals surface area contributed by atoms with Gasteiger partial charge in [-0.15, -0.1) is 0 Å². The monoisotopic (exact) mass is 236 g/mol. The van der Waals surface area contributed by atoms with Crippen molar-refractivity contribution in [3.8, 4) is 5.75 Å². The second-order valence-corrected chi connectivity index (χ2v) is 5.01. The molecule has 94 valence electrons. The van der Waals surface area contributed by atoms with E-state index in [4.69, 9.17) is 9.47 Å². The first kappa shape index (κ1) is 11.1. The van der Waals surface area contributed by atoms with Crippen molar-refractivity contribution in [3.63, 3.8) is 0 Å². The van der Waals surface area contributed by atoms with Gasteiger partial charge in [-0.2, -0.15) is 5.10 Å². The molecule has 1 saturated carbocycles. The molecule has 0 spiro atoms. The average Bonchev–Trinajstić information content (AvgIpc) is 3.02. The van der Waals surface area contributed by atoms with Crippen LogP contribution >= 0.6 is 0 Å². The molecule has 4 heteroatoms. The highest BCUT2D eigenvalue weighted by Gasteiger charge is 2.19. The van der Waals surface area contributed by atoms with E-state index in [0.29, 0.717) is 6.04 Å². The van der Waals surface area contributed by atoms with E-state index in [2.05, 4.69) is 9.78 Å². The highest BCUT2D eigenvalue weighted by atomic mass is 16.7. The van der Waals surface area contributed by atoms with E-state index in [-0.39, 0.29) is 6.29 Å². The lowest BCUT2D eigenvalue weighted by molar-refractivity contribution is -0.0391. The fraction of sp³-hybridized carbons (Fsp3) is 0.769. The molecule has 17 heavy (non-hydrogen) atoms. The summed E-state index contributed by atoms with van der Waals surface area (Å²) in [5, 5.41) is 4.42. The van der Waals surface area contributed by atoms with Crippen LogP contribution in [-0.2, 0) is 4.74 Å². The minimum atomic E-state index is -0.0565. The van der Waals surface area contributed by atoms with Crippen LogP contribution in [0.1, 0.15) is 51.0 Å². The summed E-state index contributed by atoms with van der Waals surface area (Å²) in [4.78, 5) is 0. The molecule has 1 aromatic heterocycles. The molecule has 1 aliphatic heterocycles. The van der Waals surface area contributed by atoms with Crippen LogP contribution in [0, 0.1) is 0 Å². The first-order valence-electron chi connectivity index (χ1n) is 6.74. The van der Waals surface area contributed by atoms with Gasteiger partial charge in [0.25, 0.3) is 0 Å². The van der Waals surface area contributed by atoms with Crippen LogP contribution < -0.4 is 4.74 Å². The van der Waals surface area contributed by atoms with Gasteiger partial charge < -0.3 is 9.47 Å². The molecule has 0 amide bonds. The topological polar surface area (TPSA) is 36.3 Å². The highest BCUT2D eigenvalue weighted by molar-refractivity contribution is 5.12. The summed E-state index contributed by atoms with van der Waals surface area (Å²) in [6.07, 6.45) is 12.4. The van der Waals surface area contributed by atoms with Crippen LogP contribution in [0.4, 0.5) is 0 Å². The minimum Gasteiger partial charge on any atom is -0.462 e. The van der Waals surface area contributed by atoms with Crippen molar-refractivity contribution in [2.45, 2.75) is 57.3 Å². The summed E-state index contributed by atoms with van der Waals surface area (Å²) >= 11 is 0.